The number of rotatable bonds is 1. The lowest BCUT2D eigenvalue weighted by Crippen LogP contribution is -2.42. The highest BCUT2D eigenvalue weighted by Gasteiger charge is 2.18. The van der Waals surface area contributed by atoms with E-state index in [0.717, 1.165) is 6.54 Å². The molecule has 1 aliphatic heterocycles. The van der Waals surface area contributed by atoms with Crippen molar-refractivity contribution in [2.24, 2.45) is 5.92 Å². The van der Waals surface area contributed by atoms with Gasteiger partial charge in [-0.25, -0.2) is 0 Å². The molecule has 2 nitrogen and oxygen atoms in total. The molecule has 10 heavy (non-hydrogen) atoms. The van der Waals surface area contributed by atoms with E-state index in [2.05, 4.69) is 12.2 Å². The third-order valence-corrected chi connectivity index (χ3v) is 2.13. The molecular formula is C7H16ClNO. The highest BCUT2D eigenvalue weighted by molar-refractivity contribution is 5.85. The van der Waals surface area contributed by atoms with Crippen LogP contribution in [0.1, 0.15) is 19.8 Å². The van der Waals surface area contributed by atoms with E-state index in [4.69, 9.17) is 5.11 Å². The molecule has 1 fully saturated rings. The normalized spacial score (nSPS) is 33.0. The van der Waals surface area contributed by atoms with Gasteiger partial charge in [-0.2, -0.15) is 0 Å². The standard InChI is InChI=1S/C7H15NO.ClH/c1-6-3-2-4-8-7(6)5-9;/h6-9H,2-5H2,1H3;1H/t6-,7-;/m1./s1. The fraction of sp³-hybridized carbons (Fsp3) is 1.00. The number of hydrogen-bond acceptors (Lipinski definition) is 2. The number of aliphatic hydroxyl groups excluding tert-OH is 1. The summed E-state index contributed by atoms with van der Waals surface area (Å²) in [5, 5.41) is 12.1. The molecule has 1 heterocycles. The maximum atomic E-state index is 8.80. The van der Waals surface area contributed by atoms with E-state index in [1.54, 1.807) is 0 Å². The number of piperidine rings is 1. The van der Waals surface area contributed by atoms with E-state index < -0.39 is 0 Å². The van der Waals surface area contributed by atoms with Gasteiger partial charge in [-0.15, -0.1) is 12.4 Å². The van der Waals surface area contributed by atoms with Gasteiger partial charge in [0.2, 0.25) is 0 Å². The lowest BCUT2D eigenvalue weighted by Gasteiger charge is -2.28. The monoisotopic (exact) mass is 165 g/mol. The van der Waals surface area contributed by atoms with Gasteiger partial charge in [0.15, 0.2) is 0 Å². The molecule has 1 aliphatic rings. The summed E-state index contributed by atoms with van der Waals surface area (Å²) in [4.78, 5) is 0. The van der Waals surface area contributed by atoms with E-state index in [1.165, 1.54) is 12.8 Å². The molecule has 1 saturated heterocycles. The van der Waals surface area contributed by atoms with E-state index in [0.29, 0.717) is 18.6 Å². The van der Waals surface area contributed by atoms with Crippen molar-refractivity contribution in [3.05, 3.63) is 0 Å². The van der Waals surface area contributed by atoms with Crippen LogP contribution in [0.2, 0.25) is 0 Å². The van der Waals surface area contributed by atoms with Crippen molar-refractivity contribution in [1.29, 1.82) is 0 Å². The summed E-state index contributed by atoms with van der Waals surface area (Å²) in [6.45, 7) is 3.56. The summed E-state index contributed by atoms with van der Waals surface area (Å²) < 4.78 is 0. The Kier molecular flexibility index (Phi) is 5.04. The van der Waals surface area contributed by atoms with Gasteiger partial charge in [0.05, 0.1) is 6.61 Å². The molecule has 0 aromatic rings. The average Bonchev–Trinajstić information content (AvgIpc) is 1.89. The first-order valence-corrected chi connectivity index (χ1v) is 3.69. The van der Waals surface area contributed by atoms with Gasteiger partial charge >= 0.3 is 0 Å². The lowest BCUT2D eigenvalue weighted by molar-refractivity contribution is 0.179. The largest absolute Gasteiger partial charge is 0.395 e. The third-order valence-electron chi connectivity index (χ3n) is 2.13. The lowest BCUT2D eigenvalue weighted by atomic mass is 9.93. The molecule has 0 aliphatic carbocycles. The molecule has 0 unspecified atom stereocenters. The van der Waals surface area contributed by atoms with Crippen LogP contribution in [0.3, 0.4) is 0 Å². The number of halogens is 1. The summed E-state index contributed by atoms with van der Waals surface area (Å²) in [5.41, 5.74) is 0. The van der Waals surface area contributed by atoms with Gasteiger partial charge in [0, 0.05) is 6.04 Å². The summed E-state index contributed by atoms with van der Waals surface area (Å²) in [7, 11) is 0. The number of hydrogen-bond donors (Lipinski definition) is 2. The summed E-state index contributed by atoms with van der Waals surface area (Å²) >= 11 is 0. The van der Waals surface area contributed by atoms with E-state index in [9.17, 15) is 0 Å². The molecule has 62 valence electrons. The second kappa shape index (κ2) is 4.94. The van der Waals surface area contributed by atoms with Crippen LogP contribution in [0.25, 0.3) is 0 Å². The minimum atomic E-state index is 0. The molecule has 0 aromatic heterocycles. The molecular weight excluding hydrogens is 150 g/mol. The molecule has 0 spiro atoms. The molecule has 0 radical (unpaired) electrons. The van der Waals surface area contributed by atoms with Crippen LogP contribution in [0.15, 0.2) is 0 Å². The van der Waals surface area contributed by atoms with Crippen LogP contribution in [0.4, 0.5) is 0 Å². The zero-order valence-electron chi connectivity index (χ0n) is 6.34. The first kappa shape index (κ1) is 10.2. The van der Waals surface area contributed by atoms with Crippen molar-refractivity contribution in [1.82, 2.24) is 5.32 Å². The average molecular weight is 166 g/mol. The maximum Gasteiger partial charge on any atom is 0.0587 e. The van der Waals surface area contributed by atoms with E-state index >= 15 is 0 Å². The van der Waals surface area contributed by atoms with E-state index in [-0.39, 0.29) is 12.4 Å². The fourth-order valence-corrected chi connectivity index (χ4v) is 1.36. The van der Waals surface area contributed by atoms with Gasteiger partial charge < -0.3 is 10.4 Å². The summed E-state index contributed by atoms with van der Waals surface area (Å²) in [6.07, 6.45) is 2.52. The Morgan fingerprint density at radius 2 is 2.30 bits per heavy atom. The molecule has 0 amide bonds. The van der Waals surface area contributed by atoms with Crippen molar-refractivity contribution in [2.45, 2.75) is 25.8 Å². The fourth-order valence-electron chi connectivity index (χ4n) is 1.36. The predicted molar refractivity (Wildman–Crippen MR) is 44.5 cm³/mol. The van der Waals surface area contributed by atoms with Crippen LogP contribution >= 0.6 is 12.4 Å². The predicted octanol–water partition coefficient (Wildman–Crippen LogP) is 0.789. The second-order valence-corrected chi connectivity index (χ2v) is 2.86. The van der Waals surface area contributed by atoms with Crippen LogP contribution in [0.5, 0.6) is 0 Å². The second-order valence-electron chi connectivity index (χ2n) is 2.86. The zero-order valence-corrected chi connectivity index (χ0v) is 7.16. The Morgan fingerprint density at radius 3 is 2.70 bits per heavy atom. The highest BCUT2D eigenvalue weighted by Crippen LogP contribution is 2.14. The molecule has 0 saturated carbocycles. The molecule has 1 rings (SSSR count). The minimum Gasteiger partial charge on any atom is -0.395 e. The Hall–Kier alpha value is 0.210. The maximum absolute atomic E-state index is 8.80. The van der Waals surface area contributed by atoms with Crippen LogP contribution in [0, 0.1) is 5.92 Å². The molecule has 2 atom stereocenters. The Balaban J connectivity index is 0.000000810. The van der Waals surface area contributed by atoms with Crippen molar-refractivity contribution in [3.8, 4) is 0 Å². The zero-order chi connectivity index (χ0) is 6.69. The Morgan fingerprint density at radius 1 is 1.60 bits per heavy atom. The van der Waals surface area contributed by atoms with Gasteiger partial charge in [-0.05, 0) is 25.3 Å². The van der Waals surface area contributed by atoms with Crippen LogP contribution in [-0.2, 0) is 0 Å². The topological polar surface area (TPSA) is 32.3 Å². The minimum absolute atomic E-state index is 0. The first-order valence-electron chi connectivity index (χ1n) is 3.69. The highest BCUT2D eigenvalue weighted by atomic mass is 35.5. The summed E-state index contributed by atoms with van der Waals surface area (Å²) in [6, 6.07) is 0.360. The molecule has 3 heteroatoms. The van der Waals surface area contributed by atoms with E-state index in [1.807, 2.05) is 0 Å². The smallest absolute Gasteiger partial charge is 0.0587 e. The quantitative estimate of drug-likeness (QED) is 0.602. The Labute approximate surface area is 68.4 Å². The molecule has 0 bridgehead atoms. The van der Waals surface area contributed by atoms with Crippen LogP contribution in [-0.4, -0.2) is 24.3 Å². The third kappa shape index (κ3) is 2.45. The number of nitrogens with one attached hydrogen (secondary N) is 1. The SMILES string of the molecule is C[C@@H]1CCCN[C@@H]1CO.Cl. The summed E-state index contributed by atoms with van der Waals surface area (Å²) in [5.74, 6) is 0.656. The van der Waals surface area contributed by atoms with Gasteiger partial charge in [-0.1, -0.05) is 6.92 Å². The van der Waals surface area contributed by atoms with Crippen molar-refractivity contribution in [2.75, 3.05) is 13.2 Å². The van der Waals surface area contributed by atoms with Gasteiger partial charge in [0.25, 0.3) is 0 Å². The molecule has 0 aromatic carbocycles. The van der Waals surface area contributed by atoms with Gasteiger partial charge in [0.1, 0.15) is 0 Å². The van der Waals surface area contributed by atoms with Gasteiger partial charge in [-0.3, -0.25) is 0 Å². The molecule has 2 N–H and O–H groups in total. The Bertz CT molecular complexity index is 89.7. The van der Waals surface area contributed by atoms with Crippen LogP contribution < -0.4 is 5.32 Å². The van der Waals surface area contributed by atoms with Crippen molar-refractivity contribution in [3.63, 3.8) is 0 Å². The van der Waals surface area contributed by atoms with Crippen molar-refractivity contribution < 1.29 is 5.11 Å². The first-order chi connectivity index (χ1) is 4.34. The number of aliphatic hydroxyl groups is 1. The van der Waals surface area contributed by atoms with Crippen molar-refractivity contribution >= 4 is 12.4 Å².